The van der Waals surface area contributed by atoms with Crippen LogP contribution in [0.2, 0.25) is 0 Å². The minimum atomic E-state index is 0.325. The lowest BCUT2D eigenvalue weighted by Crippen LogP contribution is -2.23. The molecule has 0 unspecified atom stereocenters. The Hall–Kier alpha value is -1.36. The highest BCUT2D eigenvalue weighted by atomic mass is 16.5. The first-order valence-corrected chi connectivity index (χ1v) is 7.49. The van der Waals surface area contributed by atoms with Crippen molar-refractivity contribution in [3.05, 3.63) is 11.4 Å². The summed E-state index contributed by atoms with van der Waals surface area (Å²) in [7, 11) is 1.90. The smallest absolute Gasteiger partial charge is 0.135 e. The summed E-state index contributed by atoms with van der Waals surface area (Å²) in [5.41, 5.74) is 1.09. The number of nitrogens with one attached hydrogen (secondary N) is 2. The van der Waals surface area contributed by atoms with Crippen LogP contribution in [-0.4, -0.2) is 36.8 Å². The molecule has 0 atom stereocenters. The van der Waals surface area contributed by atoms with E-state index >= 15 is 0 Å². The number of aromatic nitrogens is 2. The van der Waals surface area contributed by atoms with Crippen molar-refractivity contribution in [3.63, 3.8) is 0 Å². The highest BCUT2D eigenvalue weighted by molar-refractivity contribution is 5.57. The van der Waals surface area contributed by atoms with E-state index in [0.29, 0.717) is 11.8 Å². The van der Waals surface area contributed by atoms with Gasteiger partial charge in [-0.3, -0.25) is 0 Å². The predicted molar refractivity (Wildman–Crippen MR) is 82.4 cm³/mol. The summed E-state index contributed by atoms with van der Waals surface area (Å²) in [6.07, 6.45) is 2.26. The van der Waals surface area contributed by atoms with Gasteiger partial charge >= 0.3 is 0 Å². The largest absolute Gasteiger partial charge is 0.381 e. The molecular formula is C15H26N4O. The summed E-state index contributed by atoms with van der Waals surface area (Å²) in [6, 6.07) is 0. The molecule has 5 nitrogen and oxygen atoms in total. The van der Waals surface area contributed by atoms with E-state index in [4.69, 9.17) is 4.74 Å². The Kier molecular flexibility index (Phi) is 5.17. The molecule has 0 aliphatic carbocycles. The van der Waals surface area contributed by atoms with E-state index in [1.165, 1.54) is 0 Å². The zero-order chi connectivity index (χ0) is 14.5. The standard InChI is InChI=1S/C15H26N4O/c1-10(2)13-18-14(16-4)11(3)15(19-13)17-9-12-5-7-20-8-6-12/h10,12H,5-9H2,1-4H3,(H2,16,17,18,19). The van der Waals surface area contributed by atoms with Gasteiger partial charge in [0.2, 0.25) is 0 Å². The van der Waals surface area contributed by atoms with E-state index in [2.05, 4.69) is 41.4 Å². The minimum Gasteiger partial charge on any atom is -0.381 e. The molecule has 0 saturated carbocycles. The Morgan fingerprint density at radius 3 is 2.45 bits per heavy atom. The van der Waals surface area contributed by atoms with Crippen LogP contribution in [0, 0.1) is 12.8 Å². The Morgan fingerprint density at radius 1 is 1.20 bits per heavy atom. The first-order valence-electron chi connectivity index (χ1n) is 7.49. The maximum atomic E-state index is 5.40. The quantitative estimate of drug-likeness (QED) is 0.867. The molecule has 0 spiro atoms. The van der Waals surface area contributed by atoms with Gasteiger partial charge in [-0.25, -0.2) is 9.97 Å². The van der Waals surface area contributed by atoms with Crippen LogP contribution in [0.5, 0.6) is 0 Å². The molecule has 5 heteroatoms. The zero-order valence-corrected chi connectivity index (χ0v) is 13.0. The molecule has 0 aromatic carbocycles. The van der Waals surface area contributed by atoms with Crippen LogP contribution >= 0.6 is 0 Å². The fourth-order valence-electron chi connectivity index (χ4n) is 2.40. The molecule has 20 heavy (non-hydrogen) atoms. The summed E-state index contributed by atoms with van der Waals surface area (Å²) in [5, 5.41) is 6.66. The number of hydrogen-bond acceptors (Lipinski definition) is 5. The van der Waals surface area contributed by atoms with Crippen LogP contribution in [0.3, 0.4) is 0 Å². The van der Waals surface area contributed by atoms with Gasteiger partial charge < -0.3 is 15.4 Å². The third kappa shape index (κ3) is 3.60. The van der Waals surface area contributed by atoms with Crippen molar-refractivity contribution in [2.24, 2.45) is 5.92 Å². The van der Waals surface area contributed by atoms with Crippen LogP contribution in [0.4, 0.5) is 11.6 Å². The Balaban J connectivity index is 2.10. The van der Waals surface area contributed by atoms with E-state index in [0.717, 1.165) is 55.6 Å². The van der Waals surface area contributed by atoms with Crippen molar-refractivity contribution in [1.82, 2.24) is 9.97 Å². The SMILES string of the molecule is CNc1nc(C(C)C)nc(NCC2CCOCC2)c1C. The number of rotatable bonds is 5. The maximum absolute atomic E-state index is 5.40. The van der Waals surface area contributed by atoms with Crippen LogP contribution in [0.1, 0.15) is 44.0 Å². The first kappa shape index (κ1) is 15.0. The average Bonchev–Trinajstić information content (AvgIpc) is 2.47. The molecule has 0 radical (unpaired) electrons. The molecule has 2 N–H and O–H groups in total. The van der Waals surface area contributed by atoms with Gasteiger partial charge in [0.05, 0.1) is 0 Å². The van der Waals surface area contributed by atoms with Gasteiger partial charge in [-0.2, -0.15) is 0 Å². The molecule has 1 fully saturated rings. The van der Waals surface area contributed by atoms with Crippen molar-refractivity contribution in [2.45, 2.75) is 39.5 Å². The van der Waals surface area contributed by atoms with Crippen molar-refractivity contribution >= 4 is 11.6 Å². The van der Waals surface area contributed by atoms with Gasteiger partial charge in [-0.1, -0.05) is 13.8 Å². The first-order chi connectivity index (χ1) is 9.61. The fourth-order valence-corrected chi connectivity index (χ4v) is 2.40. The highest BCUT2D eigenvalue weighted by Crippen LogP contribution is 2.24. The maximum Gasteiger partial charge on any atom is 0.135 e. The Labute approximate surface area is 121 Å². The van der Waals surface area contributed by atoms with Gasteiger partial charge in [0.25, 0.3) is 0 Å². The minimum absolute atomic E-state index is 0.325. The van der Waals surface area contributed by atoms with E-state index in [9.17, 15) is 0 Å². The normalized spacial score (nSPS) is 16.4. The van der Waals surface area contributed by atoms with Crippen LogP contribution in [0.25, 0.3) is 0 Å². The summed E-state index contributed by atoms with van der Waals surface area (Å²) in [6.45, 7) is 9.02. The molecule has 0 amide bonds. The molecule has 1 aromatic heterocycles. The van der Waals surface area contributed by atoms with Crippen LogP contribution < -0.4 is 10.6 Å². The lowest BCUT2D eigenvalue weighted by Gasteiger charge is -2.23. The molecule has 1 aromatic rings. The Morgan fingerprint density at radius 2 is 1.85 bits per heavy atom. The van der Waals surface area contributed by atoms with Crippen LogP contribution in [0.15, 0.2) is 0 Å². The number of hydrogen-bond donors (Lipinski definition) is 2. The van der Waals surface area contributed by atoms with E-state index < -0.39 is 0 Å². The predicted octanol–water partition coefficient (Wildman–Crippen LogP) is 2.79. The van der Waals surface area contributed by atoms with E-state index in [1.807, 2.05) is 7.05 Å². The van der Waals surface area contributed by atoms with E-state index in [1.54, 1.807) is 0 Å². The molecule has 2 rings (SSSR count). The molecule has 2 heterocycles. The third-order valence-electron chi connectivity index (χ3n) is 3.82. The van der Waals surface area contributed by atoms with Crippen molar-refractivity contribution < 1.29 is 4.74 Å². The molecule has 1 saturated heterocycles. The molecule has 1 aliphatic heterocycles. The Bertz CT molecular complexity index is 442. The average molecular weight is 278 g/mol. The lowest BCUT2D eigenvalue weighted by atomic mass is 10.0. The number of anilines is 2. The van der Waals surface area contributed by atoms with Gasteiger partial charge in [-0.05, 0) is 25.7 Å². The molecular weight excluding hydrogens is 252 g/mol. The zero-order valence-electron chi connectivity index (χ0n) is 13.0. The number of ether oxygens (including phenoxy) is 1. The third-order valence-corrected chi connectivity index (χ3v) is 3.82. The lowest BCUT2D eigenvalue weighted by molar-refractivity contribution is 0.0699. The van der Waals surface area contributed by atoms with Crippen LogP contribution in [-0.2, 0) is 4.74 Å². The van der Waals surface area contributed by atoms with Crippen molar-refractivity contribution in [1.29, 1.82) is 0 Å². The second-order valence-corrected chi connectivity index (χ2v) is 5.75. The summed E-state index contributed by atoms with van der Waals surface area (Å²) in [4.78, 5) is 9.23. The van der Waals surface area contributed by atoms with Gasteiger partial charge in [-0.15, -0.1) is 0 Å². The van der Waals surface area contributed by atoms with Gasteiger partial charge in [0.1, 0.15) is 17.5 Å². The second-order valence-electron chi connectivity index (χ2n) is 5.75. The summed E-state index contributed by atoms with van der Waals surface area (Å²) >= 11 is 0. The topological polar surface area (TPSA) is 59.1 Å². The van der Waals surface area contributed by atoms with Gasteiger partial charge in [0.15, 0.2) is 0 Å². The highest BCUT2D eigenvalue weighted by Gasteiger charge is 2.16. The number of nitrogens with zero attached hydrogens (tertiary/aromatic N) is 2. The second kappa shape index (κ2) is 6.88. The fraction of sp³-hybridized carbons (Fsp3) is 0.733. The molecule has 1 aliphatic rings. The molecule has 0 bridgehead atoms. The van der Waals surface area contributed by atoms with E-state index in [-0.39, 0.29) is 0 Å². The molecule has 112 valence electrons. The van der Waals surface area contributed by atoms with Crippen molar-refractivity contribution in [2.75, 3.05) is 37.4 Å². The van der Waals surface area contributed by atoms with Gasteiger partial charge in [0, 0.05) is 38.3 Å². The summed E-state index contributed by atoms with van der Waals surface area (Å²) in [5.74, 6) is 3.76. The van der Waals surface area contributed by atoms with Crippen molar-refractivity contribution in [3.8, 4) is 0 Å². The monoisotopic (exact) mass is 278 g/mol. The summed E-state index contributed by atoms with van der Waals surface area (Å²) < 4.78 is 5.40.